The van der Waals surface area contributed by atoms with Gasteiger partial charge >= 0.3 is 0 Å². The van der Waals surface area contributed by atoms with Gasteiger partial charge in [-0.25, -0.2) is 0 Å². The maximum absolute atomic E-state index is 10.5. The van der Waals surface area contributed by atoms with Crippen LogP contribution >= 0.6 is 23.2 Å². The van der Waals surface area contributed by atoms with Gasteiger partial charge in [0.05, 0.1) is 10.0 Å². The normalized spacial score (nSPS) is 10.4. The zero-order chi connectivity index (χ0) is 10.1. The lowest BCUT2D eigenvalue weighted by atomic mass is 10.1. The van der Waals surface area contributed by atoms with Gasteiger partial charge in [0.15, 0.2) is 0 Å². The van der Waals surface area contributed by atoms with Crippen LogP contribution in [0.4, 0.5) is 0 Å². The van der Waals surface area contributed by atoms with Crippen molar-refractivity contribution in [2.75, 3.05) is 0 Å². The average molecular weight is 225 g/mol. The van der Waals surface area contributed by atoms with Crippen LogP contribution in [-0.2, 0) is 0 Å². The van der Waals surface area contributed by atoms with Crippen molar-refractivity contribution in [3.63, 3.8) is 0 Å². The van der Waals surface area contributed by atoms with Crippen LogP contribution in [0, 0.1) is 0 Å². The highest BCUT2D eigenvalue weighted by molar-refractivity contribution is 6.42. The van der Waals surface area contributed by atoms with Gasteiger partial charge in [0.25, 0.3) is 0 Å². The van der Waals surface area contributed by atoms with Crippen molar-refractivity contribution in [1.82, 2.24) is 0 Å². The first kappa shape index (κ1) is 9.50. The summed E-state index contributed by atoms with van der Waals surface area (Å²) in [5.74, 6) is 0. The molecule has 0 heterocycles. The molecule has 2 aromatic rings. The predicted molar refractivity (Wildman–Crippen MR) is 59.4 cm³/mol. The van der Waals surface area contributed by atoms with Crippen molar-refractivity contribution >= 4 is 40.3 Å². The van der Waals surface area contributed by atoms with Crippen LogP contribution in [0.3, 0.4) is 0 Å². The Bertz CT molecular complexity index is 506. The first-order chi connectivity index (χ1) is 6.70. The van der Waals surface area contributed by atoms with E-state index < -0.39 is 0 Å². The molecular weight excluding hydrogens is 219 g/mol. The highest BCUT2D eigenvalue weighted by Gasteiger charge is 2.01. The number of hydrogen-bond acceptors (Lipinski definition) is 1. The molecule has 2 aromatic carbocycles. The second-order valence-electron chi connectivity index (χ2n) is 2.99. The Balaban J connectivity index is 2.76. The smallest absolute Gasteiger partial charge is 0.150 e. The Hall–Kier alpha value is -1.05. The molecule has 0 bridgehead atoms. The van der Waals surface area contributed by atoms with E-state index in [4.69, 9.17) is 23.2 Å². The van der Waals surface area contributed by atoms with E-state index in [1.54, 1.807) is 24.3 Å². The average Bonchev–Trinajstić information content (AvgIpc) is 2.19. The Labute approximate surface area is 91.2 Å². The van der Waals surface area contributed by atoms with Crippen LogP contribution in [0.15, 0.2) is 30.3 Å². The fourth-order valence-electron chi connectivity index (χ4n) is 1.33. The number of hydrogen-bond donors (Lipinski definition) is 0. The van der Waals surface area contributed by atoms with Crippen LogP contribution in [0.5, 0.6) is 0 Å². The Morgan fingerprint density at radius 2 is 1.57 bits per heavy atom. The molecule has 0 atom stereocenters. The van der Waals surface area contributed by atoms with Crippen LogP contribution in [0.25, 0.3) is 10.8 Å². The van der Waals surface area contributed by atoms with Gasteiger partial charge < -0.3 is 0 Å². The predicted octanol–water partition coefficient (Wildman–Crippen LogP) is 3.96. The summed E-state index contributed by atoms with van der Waals surface area (Å²) in [6, 6.07) is 8.92. The van der Waals surface area contributed by atoms with Crippen LogP contribution < -0.4 is 0 Å². The largest absolute Gasteiger partial charge is 0.298 e. The standard InChI is InChI=1S/C11H6Cl2O/c12-10-4-8-2-1-7(6-14)3-9(8)5-11(10)13/h1-6H. The van der Waals surface area contributed by atoms with E-state index in [1.807, 2.05) is 6.07 Å². The molecule has 0 aromatic heterocycles. The fourth-order valence-corrected chi connectivity index (χ4v) is 1.68. The molecule has 0 saturated carbocycles. The van der Waals surface area contributed by atoms with Gasteiger partial charge in [0.2, 0.25) is 0 Å². The lowest BCUT2D eigenvalue weighted by Gasteiger charge is -2.01. The molecule has 0 N–H and O–H groups in total. The number of benzene rings is 2. The van der Waals surface area contributed by atoms with Crippen LogP contribution in [-0.4, -0.2) is 6.29 Å². The summed E-state index contributed by atoms with van der Waals surface area (Å²) >= 11 is 11.7. The zero-order valence-corrected chi connectivity index (χ0v) is 8.64. The topological polar surface area (TPSA) is 17.1 Å². The van der Waals surface area contributed by atoms with E-state index in [-0.39, 0.29) is 0 Å². The number of aldehydes is 1. The van der Waals surface area contributed by atoms with Crippen molar-refractivity contribution in [2.24, 2.45) is 0 Å². The first-order valence-electron chi connectivity index (χ1n) is 4.05. The summed E-state index contributed by atoms with van der Waals surface area (Å²) in [4.78, 5) is 10.5. The van der Waals surface area contributed by atoms with Gasteiger partial charge in [-0.1, -0.05) is 35.3 Å². The van der Waals surface area contributed by atoms with Gasteiger partial charge in [-0.3, -0.25) is 4.79 Å². The van der Waals surface area contributed by atoms with Gasteiger partial charge in [-0.2, -0.15) is 0 Å². The molecule has 0 amide bonds. The van der Waals surface area contributed by atoms with Gasteiger partial charge in [-0.05, 0) is 29.0 Å². The SMILES string of the molecule is O=Cc1ccc2cc(Cl)c(Cl)cc2c1. The summed E-state index contributed by atoms with van der Waals surface area (Å²) in [5, 5.41) is 2.93. The number of carbonyl (C=O) groups excluding carboxylic acids is 1. The molecule has 0 saturated heterocycles. The number of fused-ring (bicyclic) bond motifs is 1. The molecule has 2 rings (SSSR count). The quantitative estimate of drug-likeness (QED) is 0.671. The molecule has 0 aliphatic heterocycles. The van der Waals surface area contributed by atoms with Gasteiger partial charge in [-0.15, -0.1) is 0 Å². The third kappa shape index (κ3) is 1.61. The van der Waals surface area contributed by atoms with Crippen molar-refractivity contribution in [3.8, 4) is 0 Å². The summed E-state index contributed by atoms with van der Waals surface area (Å²) in [5.41, 5.74) is 0.635. The highest BCUT2D eigenvalue weighted by atomic mass is 35.5. The lowest BCUT2D eigenvalue weighted by molar-refractivity contribution is 0.112. The van der Waals surface area contributed by atoms with E-state index in [0.29, 0.717) is 15.6 Å². The summed E-state index contributed by atoms with van der Waals surface area (Å²) < 4.78 is 0. The molecule has 70 valence electrons. The minimum Gasteiger partial charge on any atom is -0.298 e. The second kappa shape index (κ2) is 3.60. The lowest BCUT2D eigenvalue weighted by Crippen LogP contribution is -1.80. The number of rotatable bonds is 1. The third-order valence-corrected chi connectivity index (χ3v) is 2.76. The van der Waals surface area contributed by atoms with Crippen molar-refractivity contribution in [3.05, 3.63) is 45.9 Å². The molecule has 0 unspecified atom stereocenters. The molecule has 0 radical (unpaired) electrons. The van der Waals surface area contributed by atoms with Crippen molar-refractivity contribution < 1.29 is 4.79 Å². The molecular formula is C11H6Cl2O. The first-order valence-corrected chi connectivity index (χ1v) is 4.80. The summed E-state index contributed by atoms with van der Waals surface area (Å²) in [6.45, 7) is 0. The second-order valence-corrected chi connectivity index (χ2v) is 3.81. The maximum atomic E-state index is 10.5. The molecule has 1 nitrogen and oxygen atoms in total. The van der Waals surface area contributed by atoms with Gasteiger partial charge in [0, 0.05) is 5.56 Å². The summed E-state index contributed by atoms with van der Waals surface area (Å²) in [7, 11) is 0. The minimum atomic E-state index is 0.502. The van der Waals surface area contributed by atoms with E-state index in [2.05, 4.69) is 0 Å². The fraction of sp³-hybridized carbons (Fsp3) is 0. The Kier molecular flexibility index (Phi) is 2.44. The minimum absolute atomic E-state index is 0.502. The van der Waals surface area contributed by atoms with Crippen molar-refractivity contribution in [1.29, 1.82) is 0 Å². The van der Waals surface area contributed by atoms with E-state index >= 15 is 0 Å². The molecule has 0 spiro atoms. The molecule has 0 aliphatic carbocycles. The van der Waals surface area contributed by atoms with Crippen LogP contribution in [0.2, 0.25) is 10.0 Å². The zero-order valence-electron chi connectivity index (χ0n) is 7.13. The van der Waals surface area contributed by atoms with Gasteiger partial charge in [0.1, 0.15) is 6.29 Å². The molecule has 14 heavy (non-hydrogen) atoms. The van der Waals surface area contributed by atoms with E-state index in [1.165, 1.54) is 0 Å². The van der Waals surface area contributed by atoms with E-state index in [9.17, 15) is 4.79 Å². The maximum Gasteiger partial charge on any atom is 0.150 e. The number of halogens is 2. The Morgan fingerprint density at radius 1 is 0.929 bits per heavy atom. The summed E-state index contributed by atoms with van der Waals surface area (Å²) in [6.07, 6.45) is 0.807. The molecule has 0 fully saturated rings. The molecule has 3 heteroatoms. The Morgan fingerprint density at radius 3 is 2.21 bits per heavy atom. The van der Waals surface area contributed by atoms with Crippen molar-refractivity contribution in [2.45, 2.75) is 0 Å². The monoisotopic (exact) mass is 224 g/mol. The van der Waals surface area contributed by atoms with E-state index in [0.717, 1.165) is 17.1 Å². The third-order valence-electron chi connectivity index (χ3n) is 2.04. The highest BCUT2D eigenvalue weighted by Crippen LogP contribution is 2.28. The number of carbonyl (C=O) groups is 1. The molecule has 0 aliphatic rings. The van der Waals surface area contributed by atoms with Crippen LogP contribution in [0.1, 0.15) is 10.4 Å².